The van der Waals surface area contributed by atoms with E-state index in [-0.39, 0.29) is 11.8 Å². The van der Waals surface area contributed by atoms with Gasteiger partial charge in [-0.25, -0.2) is 0 Å². The second-order valence-electron chi connectivity index (χ2n) is 5.46. The van der Waals surface area contributed by atoms with Gasteiger partial charge >= 0.3 is 0 Å². The van der Waals surface area contributed by atoms with Crippen LogP contribution in [0.2, 0.25) is 0 Å². The minimum absolute atomic E-state index is 0.174. The Hall–Kier alpha value is -0.570. The molecule has 1 heterocycles. The second kappa shape index (κ2) is 3.23. The second-order valence-corrected chi connectivity index (χ2v) is 5.46. The molecule has 1 amide bonds. The van der Waals surface area contributed by atoms with Crippen molar-refractivity contribution >= 4 is 5.91 Å². The molecule has 2 rings (SSSR count). The molecule has 1 saturated carbocycles. The Labute approximate surface area is 85.6 Å². The van der Waals surface area contributed by atoms with Crippen molar-refractivity contribution < 1.29 is 4.79 Å². The third kappa shape index (κ3) is 1.78. The summed E-state index contributed by atoms with van der Waals surface area (Å²) in [6.45, 7) is 8.45. The predicted molar refractivity (Wildman–Crippen MR) is 55.9 cm³/mol. The van der Waals surface area contributed by atoms with Gasteiger partial charge in [0.05, 0.1) is 0 Å². The molecule has 0 bridgehead atoms. The van der Waals surface area contributed by atoms with E-state index in [1.807, 2.05) is 6.92 Å². The summed E-state index contributed by atoms with van der Waals surface area (Å²) in [5.41, 5.74) is 0.341. The highest BCUT2D eigenvalue weighted by Gasteiger charge is 2.47. The third-order valence-corrected chi connectivity index (χ3v) is 3.76. The van der Waals surface area contributed by atoms with E-state index in [9.17, 15) is 4.79 Å². The van der Waals surface area contributed by atoms with E-state index >= 15 is 0 Å². The Morgan fingerprint density at radius 2 is 2.07 bits per heavy atom. The van der Waals surface area contributed by atoms with Crippen molar-refractivity contribution in [2.75, 3.05) is 13.1 Å². The number of amides is 1. The Morgan fingerprint density at radius 3 is 2.43 bits per heavy atom. The molecule has 0 spiro atoms. The van der Waals surface area contributed by atoms with Crippen LogP contribution < -0.4 is 10.6 Å². The highest BCUT2D eigenvalue weighted by atomic mass is 16.2. The molecule has 2 atom stereocenters. The normalized spacial score (nSPS) is 31.8. The minimum Gasteiger partial charge on any atom is -0.353 e. The van der Waals surface area contributed by atoms with E-state index in [0.29, 0.717) is 17.4 Å². The molecule has 2 fully saturated rings. The molecular formula is C11H20N2O. The largest absolute Gasteiger partial charge is 0.353 e. The van der Waals surface area contributed by atoms with Gasteiger partial charge in [0.1, 0.15) is 0 Å². The van der Waals surface area contributed by atoms with Crippen LogP contribution in [0.3, 0.4) is 0 Å². The van der Waals surface area contributed by atoms with Crippen molar-refractivity contribution in [2.45, 2.75) is 33.2 Å². The van der Waals surface area contributed by atoms with Gasteiger partial charge < -0.3 is 10.6 Å². The van der Waals surface area contributed by atoms with Gasteiger partial charge in [0, 0.05) is 12.0 Å². The third-order valence-electron chi connectivity index (χ3n) is 3.76. The molecular weight excluding hydrogens is 176 g/mol. The topological polar surface area (TPSA) is 41.1 Å². The lowest BCUT2D eigenvalue weighted by Gasteiger charge is -2.31. The summed E-state index contributed by atoms with van der Waals surface area (Å²) in [6, 6.07) is 0.422. The van der Waals surface area contributed by atoms with Gasteiger partial charge in [0.15, 0.2) is 0 Å². The Kier molecular flexibility index (Phi) is 2.30. The molecule has 0 aromatic rings. The first-order valence-electron chi connectivity index (χ1n) is 5.52. The lowest BCUT2D eigenvalue weighted by molar-refractivity contribution is -0.127. The quantitative estimate of drug-likeness (QED) is 0.699. The molecule has 14 heavy (non-hydrogen) atoms. The highest BCUT2D eigenvalue weighted by molar-refractivity contribution is 5.79. The molecule has 1 saturated heterocycles. The van der Waals surface area contributed by atoms with Crippen LogP contribution in [-0.2, 0) is 4.79 Å². The summed E-state index contributed by atoms with van der Waals surface area (Å²) in [4.78, 5) is 11.8. The predicted octanol–water partition coefficient (Wildman–Crippen LogP) is 0.757. The summed E-state index contributed by atoms with van der Waals surface area (Å²) >= 11 is 0. The van der Waals surface area contributed by atoms with Crippen molar-refractivity contribution in [1.82, 2.24) is 10.6 Å². The maximum atomic E-state index is 11.8. The fourth-order valence-electron chi connectivity index (χ4n) is 1.90. The van der Waals surface area contributed by atoms with Crippen LogP contribution >= 0.6 is 0 Å². The van der Waals surface area contributed by atoms with Crippen LogP contribution in [0.25, 0.3) is 0 Å². The summed E-state index contributed by atoms with van der Waals surface area (Å²) < 4.78 is 0. The van der Waals surface area contributed by atoms with E-state index in [1.165, 1.54) is 0 Å². The molecule has 0 aromatic carbocycles. The van der Waals surface area contributed by atoms with Gasteiger partial charge in [0.2, 0.25) is 5.91 Å². The monoisotopic (exact) mass is 196 g/mol. The van der Waals surface area contributed by atoms with E-state index in [2.05, 4.69) is 24.5 Å². The average molecular weight is 196 g/mol. The number of carbonyl (C=O) groups excluding carboxylic acids is 1. The van der Waals surface area contributed by atoms with Crippen molar-refractivity contribution in [3.63, 3.8) is 0 Å². The minimum atomic E-state index is 0.174. The first kappa shape index (κ1) is 9.97. The van der Waals surface area contributed by atoms with Crippen LogP contribution in [0, 0.1) is 17.3 Å². The molecule has 3 heteroatoms. The van der Waals surface area contributed by atoms with Crippen LogP contribution in [0.4, 0.5) is 0 Å². The standard InChI is InChI=1S/C11H20N2O/c1-7(8-5-12-6-8)10(14)13-9-4-11(9,2)3/h7-9,12H,4-6H2,1-3H3,(H,13,14). The zero-order chi connectivity index (χ0) is 10.3. The molecule has 2 N–H and O–H groups in total. The van der Waals surface area contributed by atoms with Crippen molar-refractivity contribution in [2.24, 2.45) is 17.3 Å². The maximum absolute atomic E-state index is 11.8. The van der Waals surface area contributed by atoms with Crippen molar-refractivity contribution in [1.29, 1.82) is 0 Å². The summed E-state index contributed by atoms with van der Waals surface area (Å²) in [5.74, 6) is 0.969. The van der Waals surface area contributed by atoms with Crippen LogP contribution in [0.5, 0.6) is 0 Å². The smallest absolute Gasteiger partial charge is 0.223 e. The summed E-state index contributed by atoms with van der Waals surface area (Å²) in [6.07, 6.45) is 1.13. The van der Waals surface area contributed by atoms with Gasteiger partial charge in [-0.05, 0) is 30.8 Å². The van der Waals surface area contributed by atoms with E-state index in [1.54, 1.807) is 0 Å². The zero-order valence-corrected chi connectivity index (χ0v) is 9.26. The number of rotatable bonds is 3. The molecule has 0 aromatic heterocycles. The van der Waals surface area contributed by atoms with E-state index < -0.39 is 0 Å². The van der Waals surface area contributed by atoms with Gasteiger partial charge in [-0.2, -0.15) is 0 Å². The molecule has 2 aliphatic rings. The molecule has 1 aliphatic carbocycles. The van der Waals surface area contributed by atoms with Crippen molar-refractivity contribution in [3.05, 3.63) is 0 Å². The van der Waals surface area contributed by atoms with Gasteiger partial charge in [-0.1, -0.05) is 20.8 Å². The van der Waals surface area contributed by atoms with Crippen LogP contribution in [-0.4, -0.2) is 25.0 Å². The molecule has 3 nitrogen and oxygen atoms in total. The van der Waals surface area contributed by atoms with Gasteiger partial charge in [0.25, 0.3) is 0 Å². The average Bonchev–Trinajstić information content (AvgIpc) is 2.54. The highest BCUT2D eigenvalue weighted by Crippen LogP contribution is 2.44. The Bertz CT molecular complexity index is 246. The molecule has 0 radical (unpaired) electrons. The molecule has 80 valence electrons. The van der Waals surface area contributed by atoms with Crippen LogP contribution in [0.15, 0.2) is 0 Å². The summed E-state index contributed by atoms with van der Waals surface area (Å²) in [5, 5.41) is 6.33. The van der Waals surface area contributed by atoms with E-state index in [4.69, 9.17) is 0 Å². The fraction of sp³-hybridized carbons (Fsp3) is 0.909. The van der Waals surface area contributed by atoms with Gasteiger partial charge in [-0.3, -0.25) is 4.79 Å². The molecule has 1 aliphatic heterocycles. The maximum Gasteiger partial charge on any atom is 0.223 e. The first-order chi connectivity index (χ1) is 6.50. The SMILES string of the molecule is CC(C(=O)NC1CC1(C)C)C1CNC1. The zero-order valence-electron chi connectivity index (χ0n) is 9.26. The van der Waals surface area contributed by atoms with Gasteiger partial charge in [-0.15, -0.1) is 0 Å². The number of carbonyl (C=O) groups is 1. The Morgan fingerprint density at radius 1 is 1.50 bits per heavy atom. The van der Waals surface area contributed by atoms with E-state index in [0.717, 1.165) is 19.5 Å². The first-order valence-corrected chi connectivity index (χ1v) is 5.52. The van der Waals surface area contributed by atoms with Crippen LogP contribution in [0.1, 0.15) is 27.2 Å². The van der Waals surface area contributed by atoms with Crippen molar-refractivity contribution in [3.8, 4) is 0 Å². The molecule has 2 unspecified atom stereocenters. The fourth-order valence-corrected chi connectivity index (χ4v) is 1.90. The number of hydrogen-bond donors (Lipinski definition) is 2. The lowest BCUT2D eigenvalue weighted by Crippen LogP contribution is -2.50. The number of hydrogen-bond acceptors (Lipinski definition) is 2. The summed E-state index contributed by atoms with van der Waals surface area (Å²) in [7, 11) is 0. The number of nitrogens with one attached hydrogen (secondary N) is 2. The lowest BCUT2D eigenvalue weighted by atomic mass is 9.88. The Balaban J connectivity index is 1.78.